The number of amides is 1. The Bertz CT molecular complexity index is 1490. The number of methoxy groups -OCH3 is 2. The molecule has 0 radical (unpaired) electrons. The number of halogens is 1. The van der Waals surface area contributed by atoms with Gasteiger partial charge in [0.2, 0.25) is 0 Å². The van der Waals surface area contributed by atoms with Crippen LogP contribution in [0.15, 0.2) is 84.0 Å². The maximum Gasteiger partial charge on any atom is 0.343 e. The molecule has 0 unspecified atom stereocenters. The van der Waals surface area contributed by atoms with Gasteiger partial charge in [0.15, 0.2) is 17.6 Å². The van der Waals surface area contributed by atoms with E-state index in [4.69, 9.17) is 30.5 Å². The number of hydrazone groups is 1. The number of carbonyl (C=O) groups excluding carboxylic acids is 2. The van der Waals surface area contributed by atoms with Crippen molar-refractivity contribution in [2.75, 3.05) is 14.2 Å². The zero-order chi connectivity index (χ0) is 27.1. The van der Waals surface area contributed by atoms with Crippen LogP contribution in [-0.2, 0) is 4.79 Å². The fraction of sp³-hybridized carbons (Fsp3) is 0.138. The summed E-state index contributed by atoms with van der Waals surface area (Å²) < 4.78 is 21.9. The highest BCUT2D eigenvalue weighted by molar-refractivity contribution is 6.30. The lowest BCUT2D eigenvalue weighted by Gasteiger charge is -2.13. The summed E-state index contributed by atoms with van der Waals surface area (Å²) in [6.45, 7) is 1.60. The van der Waals surface area contributed by atoms with Crippen LogP contribution in [-0.4, -0.2) is 38.4 Å². The fourth-order valence-corrected chi connectivity index (χ4v) is 3.77. The summed E-state index contributed by atoms with van der Waals surface area (Å²) in [6.07, 6.45) is 0.620. The second-order valence-corrected chi connectivity index (χ2v) is 8.54. The SMILES string of the molecule is COc1ccc(C(=O)Oc2ccc3ccccc3c2/C=N\NC(=O)[C@@H](C)Oc2ccc(Cl)cc2)cc1OC. The normalized spacial score (nSPS) is 11.7. The lowest BCUT2D eigenvalue weighted by atomic mass is 10.0. The van der Waals surface area contributed by atoms with E-state index in [9.17, 15) is 9.59 Å². The third kappa shape index (κ3) is 6.22. The standard InChI is InChI=1S/C29H25ClN2O6/c1-18(37-22-12-10-21(30)11-13-22)28(33)32-31-17-24-23-7-5-4-6-19(23)8-14-25(24)38-29(34)20-9-15-26(35-2)27(16-20)36-3/h4-18H,1-3H3,(H,32,33)/b31-17-/t18-/m1/s1. The van der Waals surface area contributed by atoms with Gasteiger partial charge in [0, 0.05) is 10.6 Å². The number of fused-ring (bicyclic) bond motifs is 1. The molecule has 0 fully saturated rings. The molecule has 1 N–H and O–H groups in total. The van der Waals surface area contributed by atoms with E-state index in [0.29, 0.717) is 27.8 Å². The lowest BCUT2D eigenvalue weighted by molar-refractivity contribution is -0.127. The van der Waals surface area contributed by atoms with Crippen LogP contribution in [0.5, 0.6) is 23.0 Å². The van der Waals surface area contributed by atoms with E-state index in [1.165, 1.54) is 26.5 Å². The van der Waals surface area contributed by atoms with Gasteiger partial charge in [0.1, 0.15) is 11.5 Å². The molecule has 0 saturated heterocycles. The van der Waals surface area contributed by atoms with Gasteiger partial charge in [-0.2, -0.15) is 5.10 Å². The first-order valence-corrected chi connectivity index (χ1v) is 12.0. The van der Waals surface area contributed by atoms with Crippen molar-refractivity contribution >= 4 is 40.5 Å². The summed E-state index contributed by atoms with van der Waals surface area (Å²) in [7, 11) is 3.00. The summed E-state index contributed by atoms with van der Waals surface area (Å²) >= 11 is 5.89. The molecule has 4 rings (SSSR count). The van der Waals surface area contributed by atoms with Crippen molar-refractivity contribution in [1.29, 1.82) is 0 Å². The predicted molar refractivity (Wildman–Crippen MR) is 146 cm³/mol. The average molecular weight is 533 g/mol. The summed E-state index contributed by atoms with van der Waals surface area (Å²) in [5.74, 6) is 0.615. The van der Waals surface area contributed by atoms with E-state index < -0.39 is 18.0 Å². The summed E-state index contributed by atoms with van der Waals surface area (Å²) in [4.78, 5) is 25.5. The van der Waals surface area contributed by atoms with Gasteiger partial charge in [-0.15, -0.1) is 0 Å². The monoisotopic (exact) mass is 532 g/mol. The fourth-order valence-electron chi connectivity index (χ4n) is 3.64. The van der Waals surface area contributed by atoms with Crippen molar-refractivity contribution < 1.29 is 28.5 Å². The minimum absolute atomic E-state index is 0.270. The Labute approximate surface area is 224 Å². The molecule has 0 bridgehead atoms. The number of benzene rings is 4. The largest absolute Gasteiger partial charge is 0.493 e. The van der Waals surface area contributed by atoms with Crippen molar-refractivity contribution in [3.63, 3.8) is 0 Å². The minimum atomic E-state index is -0.816. The first-order valence-electron chi connectivity index (χ1n) is 11.6. The molecule has 0 aliphatic rings. The Kier molecular flexibility index (Phi) is 8.45. The molecule has 0 aliphatic carbocycles. The maximum absolute atomic E-state index is 13.0. The van der Waals surface area contributed by atoms with Crippen LogP contribution in [0.3, 0.4) is 0 Å². The Morgan fingerprint density at radius 1 is 0.895 bits per heavy atom. The van der Waals surface area contributed by atoms with E-state index in [1.54, 1.807) is 49.4 Å². The highest BCUT2D eigenvalue weighted by atomic mass is 35.5. The van der Waals surface area contributed by atoms with Crippen LogP contribution in [0.4, 0.5) is 0 Å². The Morgan fingerprint density at radius 3 is 2.34 bits per heavy atom. The van der Waals surface area contributed by atoms with E-state index in [1.807, 2.05) is 30.3 Å². The molecular formula is C29H25ClN2O6. The van der Waals surface area contributed by atoms with Gasteiger partial charge in [0.05, 0.1) is 26.0 Å². The van der Waals surface area contributed by atoms with Gasteiger partial charge in [-0.05, 0) is 66.2 Å². The number of carbonyl (C=O) groups is 2. The van der Waals surface area contributed by atoms with Crippen molar-refractivity contribution in [1.82, 2.24) is 5.43 Å². The molecule has 9 heteroatoms. The maximum atomic E-state index is 13.0. The number of ether oxygens (including phenoxy) is 4. The number of esters is 1. The highest BCUT2D eigenvalue weighted by Crippen LogP contribution is 2.30. The molecule has 194 valence electrons. The van der Waals surface area contributed by atoms with Crippen molar-refractivity contribution in [3.8, 4) is 23.0 Å². The molecule has 4 aromatic carbocycles. The lowest BCUT2D eigenvalue weighted by Crippen LogP contribution is -2.33. The van der Waals surface area contributed by atoms with Gasteiger partial charge >= 0.3 is 5.97 Å². The first-order chi connectivity index (χ1) is 18.4. The first kappa shape index (κ1) is 26.5. The molecule has 0 spiro atoms. The third-order valence-electron chi connectivity index (χ3n) is 5.62. The topological polar surface area (TPSA) is 95.5 Å². The second-order valence-electron chi connectivity index (χ2n) is 8.11. The van der Waals surface area contributed by atoms with Crippen LogP contribution in [0, 0.1) is 0 Å². The van der Waals surface area contributed by atoms with E-state index in [0.717, 1.165) is 10.8 Å². The Morgan fingerprint density at radius 2 is 1.61 bits per heavy atom. The Balaban J connectivity index is 1.54. The second kappa shape index (κ2) is 12.1. The number of nitrogens with one attached hydrogen (secondary N) is 1. The Hall–Kier alpha value is -4.56. The van der Waals surface area contributed by atoms with E-state index >= 15 is 0 Å². The molecule has 8 nitrogen and oxygen atoms in total. The molecule has 0 saturated carbocycles. The van der Waals surface area contributed by atoms with Crippen LogP contribution < -0.4 is 24.4 Å². The minimum Gasteiger partial charge on any atom is -0.493 e. The van der Waals surface area contributed by atoms with Gasteiger partial charge in [0.25, 0.3) is 5.91 Å². The van der Waals surface area contributed by atoms with Gasteiger partial charge in [-0.1, -0.05) is 41.9 Å². The van der Waals surface area contributed by atoms with Crippen LogP contribution in [0.2, 0.25) is 5.02 Å². The molecule has 0 aromatic heterocycles. The number of rotatable bonds is 9. The summed E-state index contributed by atoms with van der Waals surface area (Å²) in [5.41, 5.74) is 3.27. The molecule has 0 aliphatic heterocycles. The molecule has 0 heterocycles. The predicted octanol–water partition coefficient (Wildman–Crippen LogP) is 5.65. The number of hydrogen-bond acceptors (Lipinski definition) is 7. The molecule has 1 amide bonds. The van der Waals surface area contributed by atoms with Crippen molar-refractivity contribution in [2.45, 2.75) is 13.0 Å². The molecule has 38 heavy (non-hydrogen) atoms. The zero-order valence-corrected chi connectivity index (χ0v) is 21.7. The third-order valence-corrected chi connectivity index (χ3v) is 5.87. The van der Waals surface area contributed by atoms with Gasteiger partial charge in [-0.25, -0.2) is 10.2 Å². The van der Waals surface area contributed by atoms with E-state index in [-0.39, 0.29) is 11.3 Å². The molecule has 1 atom stereocenters. The van der Waals surface area contributed by atoms with E-state index in [2.05, 4.69) is 10.5 Å². The highest BCUT2D eigenvalue weighted by Gasteiger charge is 2.17. The van der Waals surface area contributed by atoms with Gasteiger partial charge in [-0.3, -0.25) is 4.79 Å². The van der Waals surface area contributed by atoms with Crippen LogP contribution >= 0.6 is 11.6 Å². The zero-order valence-electron chi connectivity index (χ0n) is 20.9. The van der Waals surface area contributed by atoms with Crippen molar-refractivity contribution in [2.24, 2.45) is 5.10 Å². The molecular weight excluding hydrogens is 508 g/mol. The van der Waals surface area contributed by atoms with Crippen molar-refractivity contribution in [3.05, 3.63) is 95.0 Å². The summed E-state index contributed by atoms with van der Waals surface area (Å²) in [6, 6.07) is 22.5. The van der Waals surface area contributed by atoms with Gasteiger partial charge < -0.3 is 18.9 Å². The number of hydrogen-bond donors (Lipinski definition) is 1. The van der Waals surface area contributed by atoms with Crippen LogP contribution in [0.1, 0.15) is 22.8 Å². The summed E-state index contributed by atoms with van der Waals surface area (Å²) in [5, 5.41) is 6.37. The van der Waals surface area contributed by atoms with Crippen LogP contribution in [0.25, 0.3) is 10.8 Å². The quantitative estimate of drug-likeness (QED) is 0.130. The smallest absolute Gasteiger partial charge is 0.343 e. The molecule has 4 aromatic rings. The average Bonchev–Trinajstić information content (AvgIpc) is 2.94. The number of nitrogens with zero attached hydrogens (tertiary/aromatic N) is 1.